The standard InChI is InChI=1S/C17H12N4O2/c22-17(19-13-4-2-1-3-5-13)15-9-16(23-21-15)11-6-7-14-12(8-11)10-18-20-14/h1-10H,(H,18,20)(H,19,22). The van der Waals surface area contributed by atoms with Gasteiger partial charge in [0.05, 0.1) is 11.7 Å². The zero-order valence-corrected chi connectivity index (χ0v) is 12.0. The van der Waals surface area contributed by atoms with Crippen LogP contribution in [0.1, 0.15) is 10.5 Å². The zero-order valence-electron chi connectivity index (χ0n) is 12.0. The van der Waals surface area contributed by atoms with Gasteiger partial charge in [-0.25, -0.2) is 0 Å². The van der Waals surface area contributed by atoms with E-state index in [4.69, 9.17) is 4.52 Å². The molecule has 0 unspecified atom stereocenters. The van der Waals surface area contributed by atoms with Gasteiger partial charge in [0.1, 0.15) is 0 Å². The van der Waals surface area contributed by atoms with E-state index in [9.17, 15) is 4.79 Å². The summed E-state index contributed by atoms with van der Waals surface area (Å²) in [4.78, 5) is 12.2. The lowest BCUT2D eigenvalue weighted by molar-refractivity contribution is 0.101. The number of amides is 1. The molecule has 2 aromatic carbocycles. The number of fused-ring (bicyclic) bond motifs is 1. The summed E-state index contributed by atoms with van der Waals surface area (Å²) in [7, 11) is 0. The number of anilines is 1. The van der Waals surface area contributed by atoms with Crippen LogP contribution in [0.5, 0.6) is 0 Å². The third kappa shape index (κ3) is 2.57. The van der Waals surface area contributed by atoms with Gasteiger partial charge in [-0.3, -0.25) is 9.89 Å². The van der Waals surface area contributed by atoms with Gasteiger partial charge in [-0.1, -0.05) is 23.4 Å². The number of carbonyl (C=O) groups excluding carboxylic acids is 1. The fourth-order valence-electron chi connectivity index (χ4n) is 2.33. The molecular weight excluding hydrogens is 292 g/mol. The van der Waals surface area contributed by atoms with E-state index in [1.807, 2.05) is 48.5 Å². The molecule has 0 spiro atoms. The summed E-state index contributed by atoms with van der Waals surface area (Å²) >= 11 is 0. The highest BCUT2D eigenvalue weighted by atomic mass is 16.5. The lowest BCUT2D eigenvalue weighted by atomic mass is 10.1. The average molecular weight is 304 g/mol. The topological polar surface area (TPSA) is 83.8 Å². The molecule has 0 aliphatic rings. The highest BCUT2D eigenvalue weighted by Gasteiger charge is 2.14. The second-order valence-corrected chi connectivity index (χ2v) is 5.07. The molecular formula is C17H12N4O2. The maximum Gasteiger partial charge on any atom is 0.277 e. The van der Waals surface area contributed by atoms with Gasteiger partial charge in [-0.15, -0.1) is 0 Å². The van der Waals surface area contributed by atoms with Crippen LogP contribution in [0.3, 0.4) is 0 Å². The number of para-hydroxylation sites is 1. The summed E-state index contributed by atoms with van der Waals surface area (Å²) in [5, 5.41) is 14.5. The normalized spacial score (nSPS) is 10.8. The third-order valence-electron chi connectivity index (χ3n) is 3.50. The van der Waals surface area contributed by atoms with Gasteiger partial charge in [0.25, 0.3) is 5.91 Å². The van der Waals surface area contributed by atoms with Crippen LogP contribution in [0.4, 0.5) is 5.69 Å². The smallest absolute Gasteiger partial charge is 0.277 e. The Balaban J connectivity index is 1.59. The summed E-state index contributed by atoms with van der Waals surface area (Å²) in [5.41, 5.74) is 2.72. The van der Waals surface area contributed by atoms with Gasteiger partial charge in [0, 0.05) is 22.7 Å². The van der Waals surface area contributed by atoms with Gasteiger partial charge >= 0.3 is 0 Å². The highest BCUT2D eigenvalue weighted by molar-refractivity contribution is 6.03. The molecule has 6 nitrogen and oxygen atoms in total. The number of hydrogen-bond donors (Lipinski definition) is 2. The fraction of sp³-hybridized carbons (Fsp3) is 0. The molecule has 1 amide bonds. The van der Waals surface area contributed by atoms with Crippen LogP contribution in [0.2, 0.25) is 0 Å². The Bertz CT molecular complexity index is 972. The summed E-state index contributed by atoms with van der Waals surface area (Å²) in [6.45, 7) is 0. The lowest BCUT2D eigenvalue weighted by Crippen LogP contribution is -2.11. The van der Waals surface area contributed by atoms with Crippen LogP contribution < -0.4 is 5.32 Å². The van der Waals surface area contributed by atoms with Crippen LogP contribution in [-0.2, 0) is 0 Å². The lowest BCUT2D eigenvalue weighted by Gasteiger charge is -2.00. The van der Waals surface area contributed by atoms with Crippen molar-refractivity contribution in [3.05, 3.63) is 66.5 Å². The Morgan fingerprint density at radius 1 is 1.09 bits per heavy atom. The summed E-state index contributed by atoms with van der Waals surface area (Å²) in [5.74, 6) is 0.224. The van der Waals surface area contributed by atoms with Gasteiger partial charge in [-0.05, 0) is 30.3 Å². The maximum atomic E-state index is 12.2. The van der Waals surface area contributed by atoms with Crippen molar-refractivity contribution in [1.29, 1.82) is 0 Å². The van der Waals surface area contributed by atoms with Crippen molar-refractivity contribution in [3.63, 3.8) is 0 Å². The molecule has 112 valence electrons. The van der Waals surface area contributed by atoms with Gasteiger partial charge in [0.15, 0.2) is 11.5 Å². The van der Waals surface area contributed by atoms with Gasteiger partial charge < -0.3 is 9.84 Å². The largest absolute Gasteiger partial charge is 0.355 e. The molecule has 4 rings (SSSR count). The predicted molar refractivity (Wildman–Crippen MR) is 86.0 cm³/mol. The van der Waals surface area contributed by atoms with E-state index in [1.54, 1.807) is 12.3 Å². The number of aromatic nitrogens is 3. The first-order valence-corrected chi connectivity index (χ1v) is 7.06. The van der Waals surface area contributed by atoms with E-state index in [1.165, 1.54) is 0 Å². The molecule has 0 radical (unpaired) electrons. The minimum absolute atomic E-state index is 0.233. The van der Waals surface area contributed by atoms with Crippen LogP contribution in [0, 0.1) is 0 Å². The van der Waals surface area contributed by atoms with Crippen LogP contribution >= 0.6 is 0 Å². The molecule has 0 bridgehead atoms. The molecule has 2 aromatic heterocycles. The average Bonchev–Trinajstić information content (AvgIpc) is 3.24. The molecule has 0 aliphatic heterocycles. The van der Waals surface area contributed by atoms with Crippen molar-refractivity contribution in [2.45, 2.75) is 0 Å². The molecule has 0 saturated heterocycles. The molecule has 4 aromatic rings. The van der Waals surface area contributed by atoms with Crippen molar-refractivity contribution < 1.29 is 9.32 Å². The molecule has 23 heavy (non-hydrogen) atoms. The minimum Gasteiger partial charge on any atom is -0.355 e. The Hall–Kier alpha value is -3.41. The minimum atomic E-state index is -0.310. The third-order valence-corrected chi connectivity index (χ3v) is 3.50. The Morgan fingerprint density at radius 3 is 2.83 bits per heavy atom. The van der Waals surface area contributed by atoms with Gasteiger partial charge in [-0.2, -0.15) is 5.10 Å². The van der Waals surface area contributed by atoms with Crippen LogP contribution in [0.25, 0.3) is 22.2 Å². The number of carbonyl (C=O) groups is 1. The SMILES string of the molecule is O=C(Nc1ccccc1)c1cc(-c2ccc3[nH]ncc3c2)on1. The molecule has 2 heterocycles. The molecule has 0 aliphatic carbocycles. The first-order valence-electron chi connectivity index (χ1n) is 7.06. The Labute approximate surface area is 131 Å². The van der Waals surface area contributed by atoms with Crippen molar-refractivity contribution in [2.24, 2.45) is 0 Å². The fourth-order valence-corrected chi connectivity index (χ4v) is 2.33. The van der Waals surface area contributed by atoms with Crippen LogP contribution in [-0.4, -0.2) is 21.3 Å². The molecule has 6 heteroatoms. The highest BCUT2D eigenvalue weighted by Crippen LogP contribution is 2.24. The molecule has 0 saturated carbocycles. The number of H-pyrrole nitrogens is 1. The Morgan fingerprint density at radius 2 is 1.96 bits per heavy atom. The zero-order chi connectivity index (χ0) is 15.6. The van der Waals surface area contributed by atoms with E-state index in [0.29, 0.717) is 11.4 Å². The summed E-state index contributed by atoms with van der Waals surface area (Å²) in [6, 6.07) is 16.6. The van der Waals surface area contributed by atoms with Gasteiger partial charge in [0.2, 0.25) is 0 Å². The first-order chi connectivity index (χ1) is 11.3. The number of hydrogen-bond acceptors (Lipinski definition) is 4. The van der Waals surface area contributed by atoms with E-state index < -0.39 is 0 Å². The molecule has 0 atom stereocenters. The number of benzene rings is 2. The maximum absolute atomic E-state index is 12.2. The quantitative estimate of drug-likeness (QED) is 0.607. The number of aromatic amines is 1. The van der Waals surface area contributed by atoms with E-state index in [-0.39, 0.29) is 11.6 Å². The first kappa shape index (κ1) is 13.3. The Kier molecular flexibility index (Phi) is 3.12. The van der Waals surface area contributed by atoms with Crippen molar-refractivity contribution >= 4 is 22.5 Å². The summed E-state index contributed by atoms with van der Waals surface area (Å²) in [6.07, 6.45) is 1.73. The van der Waals surface area contributed by atoms with Crippen molar-refractivity contribution in [3.8, 4) is 11.3 Å². The number of nitrogens with zero attached hydrogens (tertiary/aromatic N) is 2. The van der Waals surface area contributed by atoms with E-state index >= 15 is 0 Å². The van der Waals surface area contributed by atoms with E-state index in [0.717, 1.165) is 16.5 Å². The second-order valence-electron chi connectivity index (χ2n) is 5.07. The van der Waals surface area contributed by atoms with Crippen LogP contribution in [0.15, 0.2) is 65.3 Å². The monoisotopic (exact) mass is 304 g/mol. The van der Waals surface area contributed by atoms with E-state index in [2.05, 4.69) is 20.7 Å². The number of rotatable bonds is 3. The predicted octanol–water partition coefficient (Wildman–Crippen LogP) is 3.47. The second kappa shape index (κ2) is 5.42. The van der Waals surface area contributed by atoms with Crippen molar-refractivity contribution in [2.75, 3.05) is 5.32 Å². The summed E-state index contributed by atoms with van der Waals surface area (Å²) < 4.78 is 5.29. The van der Waals surface area contributed by atoms with Crippen molar-refractivity contribution in [1.82, 2.24) is 15.4 Å². The molecule has 0 fully saturated rings. The molecule has 2 N–H and O–H groups in total. The number of nitrogens with one attached hydrogen (secondary N) is 2.